The van der Waals surface area contributed by atoms with Gasteiger partial charge in [-0.2, -0.15) is 0 Å². The van der Waals surface area contributed by atoms with Crippen LogP contribution in [-0.2, 0) is 0 Å². The molecule has 0 saturated heterocycles. The van der Waals surface area contributed by atoms with Gasteiger partial charge in [-0.1, -0.05) is 17.7 Å². The molecule has 0 aliphatic rings. The lowest BCUT2D eigenvalue weighted by Crippen LogP contribution is -2.24. The molecule has 0 bridgehead atoms. The quantitative estimate of drug-likeness (QED) is 0.849. The van der Waals surface area contributed by atoms with Crippen LogP contribution < -0.4 is 5.32 Å². The zero-order chi connectivity index (χ0) is 12.1. The van der Waals surface area contributed by atoms with Gasteiger partial charge in [0.25, 0.3) is 5.91 Å². The predicted molar refractivity (Wildman–Crippen MR) is 65.9 cm³/mol. The molecule has 16 heavy (non-hydrogen) atoms. The fourth-order valence-electron chi connectivity index (χ4n) is 1.12. The summed E-state index contributed by atoms with van der Waals surface area (Å²) < 4.78 is 13.3. The number of rotatable bonds is 3. The van der Waals surface area contributed by atoms with E-state index in [1.165, 1.54) is 12.1 Å². The molecule has 86 valence electrons. The summed E-state index contributed by atoms with van der Waals surface area (Å²) in [6.07, 6.45) is 1.89. The van der Waals surface area contributed by atoms with Crippen molar-refractivity contribution in [1.29, 1.82) is 0 Å². The van der Waals surface area contributed by atoms with Crippen molar-refractivity contribution in [2.24, 2.45) is 0 Å². The zero-order valence-corrected chi connectivity index (χ0v) is 10.8. The molecule has 4 heteroatoms. The monoisotopic (exact) mass is 285 g/mol. The van der Waals surface area contributed by atoms with Crippen LogP contribution in [0.25, 0.3) is 0 Å². The van der Waals surface area contributed by atoms with E-state index in [1.54, 1.807) is 6.07 Å². The van der Waals surface area contributed by atoms with Crippen molar-refractivity contribution in [3.05, 3.63) is 45.7 Å². The molecule has 1 aromatic rings. The first-order chi connectivity index (χ1) is 7.52. The van der Waals surface area contributed by atoms with Crippen LogP contribution in [-0.4, -0.2) is 12.5 Å². The Morgan fingerprint density at radius 2 is 2.19 bits per heavy atom. The molecule has 1 N–H and O–H groups in total. The first-order valence-corrected chi connectivity index (χ1v) is 5.67. The van der Waals surface area contributed by atoms with E-state index in [0.717, 1.165) is 5.57 Å². The fraction of sp³-hybridized carbons (Fsp3) is 0.250. The highest BCUT2D eigenvalue weighted by molar-refractivity contribution is 9.10. The largest absolute Gasteiger partial charge is 0.349 e. The molecule has 0 aliphatic heterocycles. The van der Waals surface area contributed by atoms with Crippen LogP contribution in [0.5, 0.6) is 0 Å². The molecule has 0 radical (unpaired) electrons. The Morgan fingerprint density at radius 1 is 1.50 bits per heavy atom. The Kier molecular flexibility index (Phi) is 4.68. The number of carbonyl (C=O) groups excluding carboxylic acids is 1. The van der Waals surface area contributed by atoms with Crippen molar-refractivity contribution in [1.82, 2.24) is 5.32 Å². The van der Waals surface area contributed by atoms with Crippen LogP contribution in [0.15, 0.2) is 34.3 Å². The molecule has 0 aliphatic carbocycles. The summed E-state index contributed by atoms with van der Waals surface area (Å²) in [5.41, 5.74) is 1.43. The maximum atomic E-state index is 13.2. The number of amides is 1. The first-order valence-electron chi connectivity index (χ1n) is 4.88. The van der Waals surface area contributed by atoms with E-state index in [0.29, 0.717) is 12.1 Å². The molecular weight excluding hydrogens is 273 g/mol. The minimum atomic E-state index is -0.435. The van der Waals surface area contributed by atoms with Gasteiger partial charge in [0.1, 0.15) is 5.82 Å². The molecule has 0 atom stereocenters. The van der Waals surface area contributed by atoms with E-state index in [1.807, 2.05) is 19.9 Å². The Hall–Kier alpha value is -1.16. The number of hydrogen-bond acceptors (Lipinski definition) is 1. The SMILES string of the molecule is CC(C)=CCNC(=O)c1cccc(F)c1Br. The van der Waals surface area contributed by atoms with Crippen molar-refractivity contribution >= 4 is 21.8 Å². The smallest absolute Gasteiger partial charge is 0.252 e. The van der Waals surface area contributed by atoms with Gasteiger partial charge in [-0.05, 0) is 41.9 Å². The Bertz CT molecular complexity index is 425. The van der Waals surface area contributed by atoms with E-state index in [4.69, 9.17) is 0 Å². The summed E-state index contributed by atoms with van der Waals surface area (Å²) in [5.74, 6) is -0.723. The van der Waals surface area contributed by atoms with Crippen molar-refractivity contribution in [2.45, 2.75) is 13.8 Å². The molecule has 0 saturated carbocycles. The molecule has 0 fully saturated rings. The number of carbonyl (C=O) groups is 1. The molecule has 1 aromatic carbocycles. The number of hydrogen-bond donors (Lipinski definition) is 1. The van der Waals surface area contributed by atoms with E-state index in [2.05, 4.69) is 21.2 Å². The van der Waals surface area contributed by atoms with Gasteiger partial charge in [0, 0.05) is 6.54 Å². The summed E-state index contributed by atoms with van der Waals surface area (Å²) in [5, 5.41) is 2.69. The summed E-state index contributed by atoms with van der Waals surface area (Å²) in [6.45, 7) is 4.35. The first kappa shape index (κ1) is 12.9. The lowest BCUT2D eigenvalue weighted by Gasteiger charge is -2.05. The summed E-state index contributed by atoms with van der Waals surface area (Å²) in [6, 6.07) is 4.39. The van der Waals surface area contributed by atoms with Gasteiger partial charge in [-0.3, -0.25) is 4.79 Å². The van der Waals surface area contributed by atoms with E-state index < -0.39 is 5.82 Å². The number of nitrogens with one attached hydrogen (secondary N) is 1. The van der Waals surface area contributed by atoms with Crippen LogP contribution >= 0.6 is 15.9 Å². The maximum Gasteiger partial charge on any atom is 0.252 e. The number of allylic oxidation sites excluding steroid dienone is 1. The molecule has 0 unspecified atom stereocenters. The van der Waals surface area contributed by atoms with Gasteiger partial charge < -0.3 is 5.32 Å². The van der Waals surface area contributed by atoms with Gasteiger partial charge >= 0.3 is 0 Å². The van der Waals surface area contributed by atoms with Crippen molar-refractivity contribution in [3.63, 3.8) is 0 Å². The highest BCUT2D eigenvalue weighted by Gasteiger charge is 2.11. The Morgan fingerprint density at radius 3 is 2.81 bits per heavy atom. The second kappa shape index (κ2) is 5.80. The molecule has 0 aromatic heterocycles. The second-order valence-corrected chi connectivity index (χ2v) is 4.39. The van der Waals surface area contributed by atoms with Gasteiger partial charge in [-0.15, -0.1) is 0 Å². The van der Waals surface area contributed by atoms with Gasteiger partial charge in [0.05, 0.1) is 10.0 Å². The lowest BCUT2D eigenvalue weighted by atomic mass is 10.2. The zero-order valence-electron chi connectivity index (χ0n) is 9.18. The van der Waals surface area contributed by atoms with Crippen LogP contribution in [0.3, 0.4) is 0 Å². The highest BCUT2D eigenvalue weighted by atomic mass is 79.9. The van der Waals surface area contributed by atoms with E-state index in [9.17, 15) is 9.18 Å². The minimum absolute atomic E-state index is 0.199. The summed E-state index contributed by atoms with van der Waals surface area (Å²) in [7, 11) is 0. The van der Waals surface area contributed by atoms with Crippen molar-refractivity contribution < 1.29 is 9.18 Å². The number of benzene rings is 1. The topological polar surface area (TPSA) is 29.1 Å². The summed E-state index contributed by atoms with van der Waals surface area (Å²) in [4.78, 5) is 11.7. The molecule has 2 nitrogen and oxygen atoms in total. The number of halogens is 2. The van der Waals surface area contributed by atoms with Crippen LogP contribution in [0.4, 0.5) is 4.39 Å². The predicted octanol–water partition coefficient (Wildman–Crippen LogP) is 3.28. The Labute approximate surface area is 103 Å². The molecular formula is C12H13BrFNO. The molecule has 0 spiro atoms. The molecule has 1 amide bonds. The highest BCUT2D eigenvalue weighted by Crippen LogP contribution is 2.19. The third-order valence-corrected chi connectivity index (χ3v) is 2.78. The fourth-order valence-corrected chi connectivity index (χ4v) is 1.57. The van der Waals surface area contributed by atoms with Crippen LogP contribution in [0.1, 0.15) is 24.2 Å². The molecule has 0 heterocycles. The van der Waals surface area contributed by atoms with E-state index in [-0.39, 0.29) is 10.4 Å². The van der Waals surface area contributed by atoms with Gasteiger partial charge in [-0.25, -0.2) is 4.39 Å². The lowest BCUT2D eigenvalue weighted by molar-refractivity contribution is 0.0956. The van der Waals surface area contributed by atoms with Crippen molar-refractivity contribution in [2.75, 3.05) is 6.54 Å². The summed E-state index contributed by atoms with van der Waals surface area (Å²) >= 11 is 3.05. The van der Waals surface area contributed by atoms with Crippen molar-refractivity contribution in [3.8, 4) is 0 Å². The third-order valence-electron chi connectivity index (χ3n) is 1.97. The second-order valence-electron chi connectivity index (χ2n) is 3.59. The minimum Gasteiger partial charge on any atom is -0.349 e. The van der Waals surface area contributed by atoms with E-state index >= 15 is 0 Å². The van der Waals surface area contributed by atoms with Gasteiger partial charge in [0.2, 0.25) is 0 Å². The molecule has 1 rings (SSSR count). The van der Waals surface area contributed by atoms with Gasteiger partial charge in [0.15, 0.2) is 0 Å². The Balaban J connectivity index is 2.74. The normalized spacial score (nSPS) is 9.75. The standard InChI is InChI=1S/C12H13BrFNO/c1-8(2)6-7-15-12(16)9-4-3-5-10(14)11(9)13/h3-6H,7H2,1-2H3,(H,15,16). The van der Waals surface area contributed by atoms with Crippen LogP contribution in [0, 0.1) is 5.82 Å². The van der Waals surface area contributed by atoms with Crippen LogP contribution in [0.2, 0.25) is 0 Å². The average molecular weight is 286 g/mol. The average Bonchev–Trinajstić information content (AvgIpc) is 2.21. The maximum absolute atomic E-state index is 13.2. The third kappa shape index (κ3) is 3.45.